The van der Waals surface area contributed by atoms with Crippen LogP contribution in [0, 0.1) is 0 Å². The van der Waals surface area contributed by atoms with Crippen LogP contribution in [0.4, 0.5) is 5.69 Å². The van der Waals surface area contributed by atoms with Crippen LogP contribution in [0.3, 0.4) is 0 Å². The quantitative estimate of drug-likeness (QED) is 0.785. The summed E-state index contributed by atoms with van der Waals surface area (Å²) in [6.07, 6.45) is 3.41. The van der Waals surface area contributed by atoms with Crippen molar-refractivity contribution in [2.45, 2.75) is 19.3 Å². The van der Waals surface area contributed by atoms with Crippen LogP contribution in [0.5, 0.6) is 5.75 Å². The lowest BCUT2D eigenvalue weighted by atomic mass is 9.90. The van der Waals surface area contributed by atoms with Crippen molar-refractivity contribution in [3.8, 4) is 5.75 Å². The Hall–Kier alpha value is -2.09. The minimum Gasteiger partial charge on any atom is -0.497 e. The summed E-state index contributed by atoms with van der Waals surface area (Å²) in [5, 5.41) is 0. The SMILES string of the molecule is COc1ccc(/N=C2\CCCc3ccccc32)cc1. The number of ether oxygens (including phenoxy) is 1. The Balaban J connectivity index is 1.95. The molecule has 2 nitrogen and oxygen atoms in total. The number of nitrogens with zero attached hydrogens (tertiary/aromatic N) is 1. The van der Waals surface area contributed by atoms with Crippen molar-refractivity contribution in [2.24, 2.45) is 4.99 Å². The molecular formula is C17H17NO. The predicted octanol–water partition coefficient (Wildman–Crippen LogP) is 4.15. The zero-order chi connectivity index (χ0) is 13.1. The Bertz CT molecular complexity index is 599. The molecule has 2 aromatic carbocycles. The molecule has 0 heterocycles. The molecule has 0 saturated carbocycles. The standard InChI is InChI=1S/C17H17NO/c1-19-15-11-9-14(10-12-15)18-17-8-4-6-13-5-2-3-7-16(13)17/h2-3,5,7,9-12H,4,6,8H2,1H3/b18-17+. The van der Waals surface area contributed by atoms with E-state index in [9.17, 15) is 0 Å². The van der Waals surface area contributed by atoms with Crippen molar-refractivity contribution in [2.75, 3.05) is 7.11 Å². The third-order valence-electron chi connectivity index (χ3n) is 3.52. The van der Waals surface area contributed by atoms with E-state index in [1.54, 1.807) is 7.11 Å². The van der Waals surface area contributed by atoms with Gasteiger partial charge in [-0.3, -0.25) is 4.99 Å². The minimum atomic E-state index is 0.869. The predicted molar refractivity (Wildman–Crippen MR) is 78.6 cm³/mol. The van der Waals surface area contributed by atoms with Crippen LogP contribution >= 0.6 is 0 Å². The number of aryl methyl sites for hydroxylation is 1. The Morgan fingerprint density at radius 2 is 1.74 bits per heavy atom. The van der Waals surface area contributed by atoms with E-state index < -0.39 is 0 Å². The molecule has 2 heteroatoms. The number of methoxy groups -OCH3 is 1. The number of hydrogen-bond acceptors (Lipinski definition) is 2. The summed E-state index contributed by atoms with van der Waals surface area (Å²) in [4.78, 5) is 4.80. The fourth-order valence-corrected chi connectivity index (χ4v) is 2.53. The summed E-state index contributed by atoms with van der Waals surface area (Å²) in [6.45, 7) is 0. The van der Waals surface area contributed by atoms with Crippen molar-refractivity contribution in [3.63, 3.8) is 0 Å². The van der Waals surface area contributed by atoms with Crippen LogP contribution < -0.4 is 4.74 Å². The maximum absolute atomic E-state index is 5.17. The Morgan fingerprint density at radius 3 is 2.53 bits per heavy atom. The molecule has 0 aromatic heterocycles. The molecule has 0 spiro atoms. The van der Waals surface area contributed by atoms with Gasteiger partial charge in [-0.2, -0.15) is 0 Å². The van der Waals surface area contributed by atoms with Crippen LogP contribution in [0.15, 0.2) is 53.5 Å². The van der Waals surface area contributed by atoms with Gasteiger partial charge in [-0.05, 0) is 54.7 Å². The molecule has 0 fully saturated rings. The van der Waals surface area contributed by atoms with Crippen LogP contribution in [-0.4, -0.2) is 12.8 Å². The summed E-state index contributed by atoms with van der Waals surface area (Å²) in [5.74, 6) is 0.869. The molecule has 19 heavy (non-hydrogen) atoms. The van der Waals surface area contributed by atoms with Gasteiger partial charge in [0, 0.05) is 5.71 Å². The van der Waals surface area contributed by atoms with Crippen LogP contribution in [0.2, 0.25) is 0 Å². The molecule has 0 radical (unpaired) electrons. The first-order chi connectivity index (χ1) is 9.36. The van der Waals surface area contributed by atoms with Gasteiger partial charge in [-0.25, -0.2) is 0 Å². The van der Waals surface area contributed by atoms with E-state index in [2.05, 4.69) is 24.3 Å². The molecule has 0 amide bonds. The third kappa shape index (κ3) is 2.53. The molecule has 0 N–H and O–H groups in total. The smallest absolute Gasteiger partial charge is 0.119 e. The van der Waals surface area contributed by atoms with Crippen LogP contribution in [0.1, 0.15) is 24.0 Å². The monoisotopic (exact) mass is 251 g/mol. The van der Waals surface area contributed by atoms with Gasteiger partial charge in [0.2, 0.25) is 0 Å². The minimum absolute atomic E-state index is 0.869. The third-order valence-corrected chi connectivity index (χ3v) is 3.52. The molecule has 1 aliphatic carbocycles. The molecule has 0 saturated heterocycles. The van der Waals surface area contributed by atoms with Crippen LogP contribution in [0.25, 0.3) is 0 Å². The normalized spacial score (nSPS) is 16.2. The van der Waals surface area contributed by atoms with E-state index >= 15 is 0 Å². The second kappa shape index (κ2) is 5.27. The van der Waals surface area contributed by atoms with E-state index in [0.29, 0.717) is 0 Å². The molecule has 96 valence electrons. The van der Waals surface area contributed by atoms with Crippen molar-refractivity contribution < 1.29 is 4.74 Å². The van der Waals surface area contributed by atoms with Crippen LogP contribution in [-0.2, 0) is 6.42 Å². The first kappa shape index (κ1) is 12.0. The van der Waals surface area contributed by atoms with Gasteiger partial charge in [0.15, 0.2) is 0 Å². The van der Waals surface area contributed by atoms with Gasteiger partial charge in [0.1, 0.15) is 5.75 Å². The summed E-state index contributed by atoms with van der Waals surface area (Å²) >= 11 is 0. The number of rotatable bonds is 2. The molecule has 0 bridgehead atoms. The van der Waals surface area contributed by atoms with Gasteiger partial charge in [-0.15, -0.1) is 0 Å². The topological polar surface area (TPSA) is 21.6 Å². The Kier molecular flexibility index (Phi) is 3.32. The van der Waals surface area contributed by atoms with Gasteiger partial charge in [0.05, 0.1) is 12.8 Å². The highest BCUT2D eigenvalue weighted by Gasteiger charge is 2.14. The summed E-state index contributed by atoms with van der Waals surface area (Å²) in [5.41, 5.74) is 4.92. The van der Waals surface area contributed by atoms with E-state index in [-0.39, 0.29) is 0 Å². The highest BCUT2D eigenvalue weighted by molar-refractivity contribution is 6.04. The lowest BCUT2D eigenvalue weighted by Gasteiger charge is -2.17. The van der Waals surface area contributed by atoms with Crippen molar-refractivity contribution >= 4 is 11.4 Å². The maximum atomic E-state index is 5.17. The van der Waals surface area contributed by atoms with E-state index in [1.807, 2.05) is 24.3 Å². The number of fused-ring (bicyclic) bond motifs is 1. The van der Waals surface area contributed by atoms with E-state index in [4.69, 9.17) is 9.73 Å². The second-order valence-corrected chi connectivity index (χ2v) is 4.77. The highest BCUT2D eigenvalue weighted by atomic mass is 16.5. The summed E-state index contributed by atoms with van der Waals surface area (Å²) < 4.78 is 5.17. The van der Waals surface area contributed by atoms with Gasteiger partial charge >= 0.3 is 0 Å². The maximum Gasteiger partial charge on any atom is 0.119 e. The van der Waals surface area contributed by atoms with Gasteiger partial charge < -0.3 is 4.74 Å². The zero-order valence-corrected chi connectivity index (χ0v) is 11.1. The van der Waals surface area contributed by atoms with Gasteiger partial charge in [-0.1, -0.05) is 24.3 Å². The van der Waals surface area contributed by atoms with Crippen molar-refractivity contribution in [1.82, 2.24) is 0 Å². The molecule has 1 aliphatic rings. The molecule has 3 rings (SSSR count). The molecule has 2 aromatic rings. The molecular weight excluding hydrogens is 234 g/mol. The summed E-state index contributed by atoms with van der Waals surface area (Å²) in [7, 11) is 1.68. The van der Waals surface area contributed by atoms with Crippen molar-refractivity contribution in [3.05, 3.63) is 59.7 Å². The molecule has 0 atom stereocenters. The number of benzene rings is 2. The first-order valence-corrected chi connectivity index (χ1v) is 6.67. The van der Waals surface area contributed by atoms with Gasteiger partial charge in [0.25, 0.3) is 0 Å². The fraction of sp³-hybridized carbons (Fsp3) is 0.235. The zero-order valence-electron chi connectivity index (χ0n) is 11.1. The molecule has 0 aliphatic heterocycles. The highest BCUT2D eigenvalue weighted by Crippen LogP contribution is 2.25. The fourth-order valence-electron chi connectivity index (χ4n) is 2.53. The number of aliphatic imine (C=N–C) groups is 1. The van der Waals surface area contributed by atoms with E-state index in [0.717, 1.165) is 24.3 Å². The average molecular weight is 251 g/mol. The first-order valence-electron chi connectivity index (χ1n) is 6.67. The average Bonchev–Trinajstić information content (AvgIpc) is 2.48. The lowest BCUT2D eigenvalue weighted by Crippen LogP contribution is -2.11. The molecule has 0 unspecified atom stereocenters. The Morgan fingerprint density at radius 1 is 0.947 bits per heavy atom. The Labute approximate surface area is 113 Å². The lowest BCUT2D eigenvalue weighted by molar-refractivity contribution is 0.415. The van der Waals surface area contributed by atoms with E-state index in [1.165, 1.54) is 23.3 Å². The summed E-state index contributed by atoms with van der Waals surface area (Å²) in [6, 6.07) is 16.5. The second-order valence-electron chi connectivity index (χ2n) is 4.77. The van der Waals surface area contributed by atoms with Crippen molar-refractivity contribution in [1.29, 1.82) is 0 Å². The largest absolute Gasteiger partial charge is 0.497 e. The number of hydrogen-bond donors (Lipinski definition) is 0.